The first-order valence-electron chi connectivity index (χ1n) is 6.33. The molecule has 1 atom stereocenters. The number of nitrogens with zero attached hydrogens (tertiary/aromatic N) is 1. The van der Waals surface area contributed by atoms with Crippen LogP contribution in [0.25, 0.3) is 0 Å². The third kappa shape index (κ3) is 4.47. The van der Waals surface area contributed by atoms with Crippen LogP contribution in [0.1, 0.15) is 39.9 Å². The Hall–Kier alpha value is -0.590. The second-order valence-electron chi connectivity index (χ2n) is 5.57. The molecule has 5 nitrogen and oxygen atoms in total. The Morgan fingerprint density at radius 2 is 2.11 bits per heavy atom. The minimum absolute atomic E-state index is 0.105. The highest BCUT2D eigenvalue weighted by molar-refractivity contribution is 7.89. The molecule has 7 heteroatoms. The van der Waals surface area contributed by atoms with E-state index in [1.54, 1.807) is 0 Å². The van der Waals surface area contributed by atoms with Crippen LogP contribution in [0.5, 0.6) is 0 Å². The minimum atomic E-state index is -3.58. The van der Waals surface area contributed by atoms with Crippen LogP contribution >= 0.6 is 11.6 Å². The maximum Gasteiger partial charge on any atom is 0.257 e. The first-order valence-corrected chi connectivity index (χ1v) is 8.34. The topological polar surface area (TPSA) is 74.8 Å². The van der Waals surface area contributed by atoms with Gasteiger partial charge in [-0.05, 0) is 11.8 Å². The Morgan fingerprint density at radius 3 is 2.53 bits per heavy atom. The van der Waals surface area contributed by atoms with Gasteiger partial charge in [-0.1, -0.05) is 27.7 Å². The standard InChI is InChI=1S/C12H22ClN3O2S/c1-5-10-14-8-11(15-10)19(17,18)16-9(6-7-13)12(2,3)4/h8-9,16H,5-7H2,1-4H3,(H,14,15). The molecule has 19 heavy (non-hydrogen) atoms. The van der Waals surface area contributed by atoms with Gasteiger partial charge in [0.2, 0.25) is 0 Å². The summed E-state index contributed by atoms with van der Waals surface area (Å²) in [5.74, 6) is 1.07. The largest absolute Gasteiger partial charge is 0.332 e. The molecule has 0 radical (unpaired) electrons. The maximum atomic E-state index is 12.3. The zero-order valence-electron chi connectivity index (χ0n) is 11.8. The highest BCUT2D eigenvalue weighted by Gasteiger charge is 2.29. The van der Waals surface area contributed by atoms with Crippen LogP contribution in [-0.4, -0.2) is 30.3 Å². The number of hydrogen-bond acceptors (Lipinski definition) is 3. The van der Waals surface area contributed by atoms with Gasteiger partial charge in [0, 0.05) is 18.3 Å². The lowest BCUT2D eigenvalue weighted by molar-refractivity contribution is 0.292. The van der Waals surface area contributed by atoms with Gasteiger partial charge in [-0.3, -0.25) is 0 Å². The first kappa shape index (κ1) is 16.5. The summed E-state index contributed by atoms with van der Waals surface area (Å²) in [6, 6.07) is -0.219. The van der Waals surface area contributed by atoms with Crippen LogP contribution in [-0.2, 0) is 16.4 Å². The van der Waals surface area contributed by atoms with E-state index in [0.717, 1.165) is 0 Å². The molecular formula is C12H22ClN3O2S. The first-order chi connectivity index (χ1) is 8.70. The van der Waals surface area contributed by atoms with Crippen molar-refractivity contribution in [2.75, 3.05) is 5.88 Å². The summed E-state index contributed by atoms with van der Waals surface area (Å²) in [4.78, 5) is 6.82. The Bertz CT molecular complexity index is 505. The summed E-state index contributed by atoms with van der Waals surface area (Å²) in [6.45, 7) is 7.86. The van der Waals surface area contributed by atoms with Gasteiger partial charge in [0.25, 0.3) is 10.0 Å². The van der Waals surface area contributed by atoms with Gasteiger partial charge < -0.3 is 4.98 Å². The van der Waals surface area contributed by atoms with Gasteiger partial charge in [-0.25, -0.2) is 18.1 Å². The highest BCUT2D eigenvalue weighted by Crippen LogP contribution is 2.24. The number of sulfonamides is 1. The molecule has 1 unspecified atom stereocenters. The lowest BCUT2D eigenvalue weighted by atomic mass is 9.86. The summed E-state index contributed by atoms with van der Waals surface area (Å²) in [5, 5.41) is 0.105. The third-order valence-electron chi connectivity index (χ3n) is 2.97. The van der Waals surface area contributed by atoms with Crippen molar-refractivity contribution in [1.29, 1.82) is 0 Å². The average Bonchev–Trinajstić information content (AvgIpc) is 2.76. The third-order valence-corrected chi connectivity index (χ3v) is 4.57. The van der Waals surface area contributed by atoms with E-state index < -0.39 is 10.0 Å². The minimum Gasteiger partial charge on any atom is -0.332 e. The van der Waals surface area contributed by atoms with Crippen molar-refractivity contribution in [3.63, 3.8) is 0 Å². The molecule has 0 amide bonds. The number of H-pyrrole nitrogens is 1. The zero-order valence-corrected chi connectivity index (χ0v) is 13.4. The van der Waals surface area contributed by atoms with Crippen LogP contribution in [0.15, 0.2) is 11.2 Å². The molecule has 110 valence electrons. The number of hydrogen-bond donors (Lipinski definition) is 2. The smallest absolute Gasteiger partial charge is 0.257 e. The van der Waals surface area contributed by atoms with Crippen molar-refractivity contribution < 1.29 is 8.42 Å². The molecular weight excluding hydrogens is 286 g/mol. The van der Waals surface area contributed by atoms with Crippen LogP contribution in [0.2, 0.25) is 0 Å². The molecule has 0 bridgehead atoms. The van der Waals surface area contributed by atoms with E-state index in [2.05, 4.69) is 14.7 Å². The second-order valence-corrected chi connectivity index (χ2v) is 7.63. The average molecular weight is 308 g/mol. The van der Waals surface area contributed by atoms with Gasteiger partial charge >= 0.3 is 0 Å². The molecule has 1 heterocycles. The van der Waals surface area contributed by atoms with Crippen LogP contribution in [0, 0.1) is 5.41 Å². The quantitative estimate of drug-likeness (QED) is 0.792. The number of halogens is 1. The summed E-state index contributed by atoms with van der Waals surface area (Å²) in [6.07, 6.45) is 2.60. The summed E-state index contributed by atoms with van der Waals surface area (Å²) in [5.41, 5.74) is -0.199. The van der Waals surface area contributed by atoms with Crippen LogP contribution in [0.3, 0.4) is 0 Å². The van der Waals surface area contributed by atoms with Gasteiger partial charge in [0.1, 0.15) is 5.82 Å². The predicted octanol–water partition coefficient (Wildman–Crippen LogP) is 2.29. The molecule has 0 saturated heterocycles. The molecule has 1 rings (SSSR count). The molecule has 0 aliphatic carbocycles. The van der Waals surface area contributed by atoms with Crippen molar-refractivity contribution in [3.8, 4) is 0 Å². The lowest BCUT2D eigenvalue weighted by Gasteiger charge is -2.30. The lowest BCUT2D eigenvalue weighted by Crippen LogP contribution is -2.44. The highest BCUT2D eigenvalue weighted by atomic mass is 35.5. The van der Waals surface area contributed by atoms with E-state index >= 15 is 0 Å². The molecule has 0 spiro atoms. The van der Waals surface area contributed by atoms with E-state index in [-0.39, 0.29) is 16.5 Å². The Kier molecular flexibility index (Phi) is 5.41. The molecule has 0 aromatic carbocycles. The second kappa shape index (κ2) is 6.24. The SMILES string of the molecule is CCc1ncc(S(=O)(=O)NC(CCCl)C(C)(C)C)[nH]1. The summed E-state index contributed by atoms with van der Waals surface area (Å²) >= 11 is 5.75. The van der Waals surface area contributed by atoms with Crippen LogP contribution < -0.4 is 4.72 Å². The van der Waals surface area contributed by atoms with Crippen molar-refractivity contribution >= 4 is 21.6 Å². The number of alkyl halides is 1. The van der Waals surface area contributed by atoms with E-state index in [9.17, 15) is 8.42 Å². The fourth-order valence-corrected chi connectivity index (χ4v) is 3.32. The molecule has 2 N–H and O–H groups in total. The molecule has 0 saturated carbocycles. The molecule has 0 aliphatic heterocycles. The predicted molar refractivity (Wildman–Crippen MR) is 76.9 cm³/mol. The molecule has 0 fully saturated rings. The molecule has 1 aromatic rings. The van der Waals surface area contributed by atoms with E-state index in [1.165, 1.54) is 6.20 Å². The summed E-state index contributed by atoms with van der Waals surface area (Å²) in [7, 11) is -3.58. The fraction of sp³-hybridized carbons (Fsp3) is 0.750. The normalized spacial score (nSPS) is 14.6. The maximum absolute atomic E-state index is 12.3. The van der Waals surface area contributed by atoms with Crippen LogP contribution in [0.4, 0.5) is 0 Å². The Labute approximate surface area is 120 Å². The Balaban J connectivity index is 2.94. The fourth-order valence-electron chi connectivity index (χ4n) is 1.69. The number of aromatic amines is 1. The van der Waals surface area contributed by atoms with Gasteiger partial charge in [-0.2, -0.15) is 0 Å². The molecule has 1 aromatic heterocycles. The zero-order chi connectivity index (χ0) is 14.7. The van der Waals surface area contributed by atoms with Crippen molar-refractivity contribution in [2.24, 2.45) is 5.41 Å². The van der Waals surface area contributed by atoms with Gasteiger partial charge in [0.15, 0.2) is 5.03 Å². The van der Waals surface area contributed by atoms with Crippen molar-refractivity contribution in [2.45, 2.75) is 51.6 Å². The number of imidazole rings is 1. The van der Waals surface area contributed by atoms with Crippen molar-refractivity contribution in [3.05, 3.63) is 12.0 Å². The van der Waals surface area contributed by atoms with Crippen molar-refractivity contribution in [1.82, 2.24) is 14.7 Å². The number of aryl methyl sites for hydroxylation is 1. The van der Waals surface area contributed by atoms with E-state index in [4.69, 9.17) is 11.6 Å². The number of rotatable bonds is 6. The van der Waals surface area contributed by atoms with Gasteiger partial charge in [-0.15, -0.1) is 11.6 Å². The monoisotopic (exact) mass is 307 g/mol. The van der Waals surface area contributed by atoms with E-state index in [0.29, 0.717) is 24.5 Å². The van der Waals surface area contributed by atoms with E-state index in [1.807, 2.05) is 27.7 Å². The molecule has 0 aliphatic rings. The summed E-state index contributed by atoms with van der Waals surface area (Å²) < 4.78 is 27.2. The number of nitrogens with one attached hydrogen (secondary N) is 2. The Morgan fingerprint density at radius 1 is 1.47 bits per heavy atom. The number of aromatic nitrogens is 2. The van der Waals surface area contributed by atoms with Gasteiger partial charge in [0.05, 0.1) is 6.20 Å².